The van der Waals surface area contributed by atoms with Gasteiger partial charge in [0, 0.05) is 12.8 Å². The molecule has 4 atom stereocenters. The third-order valence-corrected chi connectivity index (χ3v) is 10.9. The zero-order valence-corrected chi connectivity index (χ0v) is 36.5. The number of nitrogens with one attached hydrogen (secondary N) is 3. The van der Waals surface area contributed by atoms with Gasteiger partial charge in [-0.2, -0.15) is 0 Å². The molecule has 5 N–H and O–H groups in total. The Labute approximate surface area is 356 Å². The number of carbonyl (C=O) groups is 4. The highest BCUT2D eigenvalue weighted by Gasteiger charge is 2.34. The van der Waals surface area contributed by atoms with E-state index < -0.39 is 48.1 Å². The predicted molar refractivity (Wildman–Crippen MR) is 225 cm³/mol. The summed E-state index contributed by atoms with van der Waals surface area (Å²) in [5.74, 6) is -2.18. The monoisotopic (exact) mass is 1090 g/mol. The number of carbonyl (C=O) groups excluding carboxylic acids is 4. The summed E-state index contributed by atoms with van der Waals surface area (Å²) in [5.41, 5.74) is 2.76. The van der Waals surface area contributed by atoms with Gasteiger partial charge in [-0.25, -0.2) is 9.59 Å². The van der Waals surface area contributed by atoms with Gasteiger partial charge in [0.1, 0.15) is 36.2 Å². The summed E-state index contributed by atoms with van der Waals surface area (Å²) in [7, 11) is 1.19. The van der Waals surface area contributed by atoms with Crippen LogP contribution in [-0.2, 0) is 54.6 Å². The van der Waals surface area contributed by atoms with Gasteiger partial charge in [-0.05, 0) is 130 Å². The van der Waals surface area contributed by atoms with Crippen LogP contribution in [0.1, 0.15) is 29.2 Å². The molecular formula is C38H37Br2I2N3O9. The summed E-state index contributed by atoms with van der Waals surface area (Å²) in [4.78, 5) is 54.3. The van der Waals surface area contributed by atoms with Gasteiger partial charge in [-0.15, -0.1) is 0 Å². The first-order valence-electron chi connectivity index (χ1n) is 16.4. The number of phenolic OH excluding ortho intramolecular Hbond substituents is 2. The second kappa shape index (κ2) is 21.0. The lowest BCUT2D eigenvalue weighted by Gasteiger charge is -2.28. The van der Waals surface area contributed by atoms with Crippen molar-refractivity contribution in [1.82, 2.24) is 16.0 Å². The Morgan fingerprint density at radius 3 is 1.76 bits per heavy atom. The van der Waals surface area contributed by atoms with E-state index in [0.29, 0.717) is 27.2 Å². The molecule has 0 aliphatic heterocycles. The molecule has 0 saturated heterocycles. The van der Waals surface area contributed by atoms with Gasteiger partial charge in [-0.1, -0.05) is 60.7 Å². The van der Waals surface area contributed by atoms with Crippen LogP contribution in [0.4, 0.5) is 4.79 Å². The van der Waals surface area contributed by atoms with Crippen LogP contribution >= 0.6 is 77.0 Å². The van der Waals surface area contributed by atoms with Crippen molar-refractivity contribution in [2.45, 2.75) is 57.2 Å². The minimum absolute atomic E-state index is 0.0224. The van der Waals surface area contributed by atoms with E-state index in [1.807, 2.05) is 81.6 Å². The summed E-state index contributed by atoms with van der Waals surface area (Å²) in [6.45, 7) is 1.67. The van der Waals surface area contributed by atoms with Gasteiger partial charge < -0.3 is 40.4 Å². The van der Waals surface area contributed by atoms with Crippen LogP contribution in [0.5, 0.6) is 11.5 Å². The molecule has 0 radical (unpaired) electrons. The standard InChI is InChI=1S/C38H37Br2I2N3O9/c1-21(53-19-22-9-5-3-6-10-22)32(36(49)43-31(37(50)52-2)18-24-13-26(39)33(46)27(40)14-24)45-35(48)30(17-25-15-28(41)34(47)29(42)16-25)44-38(51)54-20-23-11-7-4-8-12-23/h3-16,21,30-32,46-47H,17-20H2,1-2H3,(H,43,49)(H,44,51)(H,45,48)/t21-,30+,31+,32+/m1/s1. The molecule has 16 heteroatoms. The number of hydrogen-bond acceptors (Lipinski definition) is 9. The van der Waals surface area contributed by atoms with Crippen LogP contribution in [0.15, 0.2) is 93.9 Å². The van der Waals surface area contributed by atoms with E-state index in [-0.39, 0.29) is 37.6 Å². The summed E-state index contributed by atoms with van der Waals surface area (Å²) in [6, 6.07) is 21.0. The Morgan fingerprint density at radius 2 is 1.20 bits per heavy atom. The smallest absolute Gasteiger partial charge is 0.408 e. The van der Waals surface area contributed by atoms with Crippen LogP contribution in [0.2, 0.25) is 0 Å². The van der Waals surface area contributed by atoms with Crippen molar-refractivity contribution in [2.75, 3.05) is 7.11 Å². The fourth-order valence-electron chi connectivity index (χ4n) is 5.20. The summed E-state index contributed by atoms with van der Waals surface area (Å²) in [6.07, 6.45) is -1.86. The second-order valence-corrected chi connectivity index (χ2v) is 16.1. The van der Waals surface area contributed by atoms with Gasteiger partial charge in [0.15, 0.2) is 0 Å². The van der Waals surface area contributed by atoms with Crippen LogP contribution in [0.3, 0.4) is 0 Å². The molecular weight excluding hydrogens is 1060 g/mol. The van der Waals surface area contributed by atoms with E-state index in [9.17, 15) is 29.4 Å². The molecule has 0 spiro atoms. The highest BCUT2D eigenvalue weighted by Crippen LogP contribution is 2.34. The minimum atomic E-state index is -1.36. The number of methoxy groups -OCH3 is 1. The Balaban J connectivity index is 1.62. The molecule has 4 aromatic rings. The average Bonchev–Trinajstić information content (AvgIpc) is 3.16. The maximum atomic E-state index is 14.2. The highest BCUT2D eigenvalue weighted by atomic mass is 127. The number of aromatic hydroxyl groups is 2. The van der Waals surface area contributed by atoms with E-state index in [2.05, 4.69) is 47.8 Å². The first kappa shape index (κ1) is 43.3. The van der Waals surface area contributed by atoms with Gasteiger partial charge in [0.2, 0.25) is 11.8 Å². The topological polar surface area (TPSA) is 173 Å². The molecule has 4 rings (SSSR count). The van der Waals surface area contributed by atoms with Crippen molar-refractivity contribution in [1.29, 1.82) is 0 Å². The van der Waals surface area contributed by atoms with Crippen molar-refractivity contribution in [2.24, 2.45) is 0 Å². The van der Waals surface area contributed by atoms with Crippen molar-refractivity contribution in [3.05, 3.63) is 123 Å². The molecule has 4 aromatic carbocycles. The molecule has 0 aromatic heterocycles. The Hall–Kier alpha value is -3.46. The molecule has 0 bridgehead atoms. The highest BCUT2D eigenvalue weighted by molar-refractivity contribution is 14.1. The third kappa shape index (κ3) is 12.8. The summed E-state index contributed by atoms with van der Waals surface area (Å²) < 4.78 is 18.3. The number of hydrogen-bond donors (Lipinski definition) is 5. The van der Waals surface area contributed by atoms with Crippen LogP contribution < -0.4 is 16.0 Å². The number of phenols is 2. The van der Waals surface area contributed by atoms with Crippen molar-refractivity contribution < 1.29 is 43.6 Å². The maximum Gasteiger partial charge on any atom is 0.408 e. The Morgan fingerprint density at radius 1 is 0.685 bits per heavy atom. The van der Waals surface area contributed by atoms with Crippen LogP contribution in [0.25, 0.3) is 0 Å². The lowest BCUT2D eigenvalue weighted by atomic mass is 10.0. The number of rotatable bonds is 16. The zero-order valence-electron chi connectivity index (χ0n) is 29.0. The predicted octanol–water partition coefficient (Wildman–Crippen LogP) is 6.66. The van der Waals surface area contributed by atoms with Crippen LogP contribution in [-0.4, -0.2) is 65.4 Å². The maximum absolute atomic E-state index is 14.2. The van der Waals surface area contributed by atoms with Crippen molar-refractivity contribution >= 4 is 101 Å². The van der Waals surface area contributed by atoms with E-state index >= 15 is 0 Å². The lowest BCUT2D eigenvalue weighted by molar-refractivity contribution is -0.146. The number of alkyl carbamates (subject to hydrolysis) is 1. The summed E-state index contributed by atoms with van der Waals surface area (Å²) in [5, 5.41) is 28.6. The molecule has 54 heavy (non-hydrogen) atoms. The molecule has 0 aliphatic rings. The van der Waals surface area contributed by atoms with Crippen molar-refractivity contribution in [3.63, 3.8) is 0 Å². The fourth-order valence-corrected chi connectivity index (χ4v) is 8.38. The number of amides is 3. The first-order valence-corrected chi connectivity index (χ1v) is 20.1. The van der Waals surface area contributed by atoms with E-state index in [1.165, 1.54) is 7.11 Å². The molecule has 286 valence electrons. The van der Waals surface area contributed by atoms with Gasteiger partial charge in [0.05, 0.1) is 35.9 Å². The molecule has 0 aliphatic carbocycles. The largest absolute Gasteiger partial charge is 0.506 e. The number of esters is 1. The average molecular weight is 1090 g/mol. The van der Waals surface area contributed by atoms with Gasteiger partial charge in [0.25, 0.3) is 0 Å². The van der Waals surface area contributed by atoms with Gasteiger partial charge in [-0.3, -0.25) is 9.59 Å². The fraction of sp³-hybridized carbons (Fsp3) is 0.263. The first-order chi connectivity index (χ1) is 25.7. The SMILES string of the molecule is COC(=O)[C@H](Cc1cc(Br)c(O)c(Br)c1)NC(=O)[C@@H](NC(=O)[C@H](Cc1cc(I)c(O)c(I)c1)NC(=O)OCc1ccccc1)[C@@H](C)OCc1ccccc1. The van der Waals surface area contributed by atoms with Crippen molar-refractivity contribution in [3.8, 4) is 11.5 Å². The molecule has 3 amide bonds. The van der Waals surface area contributed by atoms with Gasteiger partial charge >= 0.3 is 12.1 Å². The second-order valence-electron chi connectivity index (χ2n) is 12.1. The molecule has 0 heterocycles. The third-order valence-electron chi connectivity index (χ3n) is 8.06. The molecule has 0 unspecified atom stereocenters. The Bertz CT molecular complexity index is 1890. The number of ether oxygens (including phenoxy) is 3. The van der Waals surface area contributed by atoms with E-state index in [4.69, 9.17) is 14.2 Å². The van der Waals surface area contributed by atoms with Crippen LogP contribution in [0, 0.1) is 7.14 Å². The molecule has 0 fully saturated rings. The minimum Gasteiger partial charge on any atom is -0.506 e. The normalized spacial score (nSPS) is 13.1. The number of halogens is 4. The summed E-state index contributed by atoms with van der Waals surface area (Å²) >= 11 is 10.5. The Kier molecular flexibility index (Phi) is 16.8. The van der Waals surface area contributed by atoms with E-state index in [0.717, 1.165) is 11.1 Å². The van der Waals surface area contributed by atoms with E-state index in [1.54, 1.807) is 55.5 Å². The molecule has 12 nitrogen and oxygen atoms in total. The number of benzene rings is 4. The quantitative estimate of drug-likeness (QED) is 0.0608. The molecule has 0 saturated carbocycles. The zero-order chi connectivity index (χ0) is 39.4. The lowest BCUT2D eigenvalue weighted by Crippen LogP contribution is -2.60.